The third kappa shape index (κ3) is 26.2. The lowest BCUT2D eigenvalue weighted by atomic mass is 10.0. The van der Waals surface area contributed by atoms with Crippen LogP contribution in [0.2, 0.25) is 0 Å². The first kappa shape index (κ1) is 75.1. The average molecular weight is 1190 g/mol. The number of hydrogen-bond acceptors (Lipinski definition) is 16. The summed E-state index contributed by atoms with van der Waals surface area (Å²) in [4.78, 5) is 86.3. The summed E-state index contributed by atoms with van der Waals surface area (Å²) in [6, 6.07) is 6.07. The van der Waals surface area contributed by atoms with Crippen LogP contribution in [0, 0.1) is 0 Å². The lowest BCUT2D eigenvalue weighted by Crippen LogP contribution is -2.49. The maximum atomic E-state index is 12.6. The first-order chi connectivity index (χ1) is 37.6. The fraction of sp³-hybridized carbons (Fsp3) is 0.672. The molecule has 0 saturated carbocycles. The summed E-state index contributed by atoms with van der Waals surface area (Å²) in [6.45, 7) is 20.5. The van der Waals surface area contributed by atoms with E-state index in [2.05, 4.69) is 19.2 Å². The second-order valence-electron chi connectivity index (χ2n) is 21.1. The number of benzene rings is 2. The van der Waals surface area contributed by atoms with Gasteiger partial charge in [0, 0.05) is 48.9 Å². The van der Waals surface area contributed by atoms with Crippen LogP contribution in [0.5, 0.6) is 34.5 Å². The number of carboxylic acids is 2. The topological polar surface area (TPSA) is 256 Å². The summed E-state index contributed by atoms with van der Waals surface area (Å²) >= 11 is 9.53. The zero-order chi connectivity index (χ0) is 60.9. The molecule has 0 bridgehead atoms. The molecule has 0 radical (unpaired) electrons. The molecule has 0 aromatic heterocycles. The highest BCUT2D eigenvalue weighted by atomic mass is 35.5. The van der Waals surface area contributed by atoms with Crippen molar-refractivity contribution in [2.75, 3.05) is 74.2 Å². The SMILES string of the molecule is C.CC(C)(C)OC(=O)N1CCCCC1C(=O)O.COc1cc(C(=O)C(=O)N2CCCC[C@H]2C)cc(OC)c1OC.COc1cc(C(=O)C(=O)O)cc(OC)c1OC.C[C@@H]1CCCCN1.C[C@@H]1CCCCN1C(=O)OC(C)(C)C.ClCCl. The van der Waals surface area contributed by atoms with E-state index in [1.807, 2.05) is 32.6 Å². The Morgan fingerprint density at radius 2 is 0.889 bits per heavy atom. The third-order valence-corrected chi connectivity index (χ3v) is 12.7. The predicted molar refractivity (Wildman–Crippen MR) is 313 cm³/mol. The summed E-state index contributed by atoms with van der Waals surface area (Å²) in [7, 11) is 8.61. The Hall–Kier alpha value is -5.93. The molecule has 3 N–H and O–H groups in total. The van der Waals surface area contributed by atoms with Crippen molar-refractivity contribution in [3.63, 3.8) is 0 Å². The number of carboxylic acid groups (broad SMARTS) is 2. The summed E-state index contributed by atoms with van der Waals surface area (Å²) < 4.78 is 41.3. The minimum absolute atomic E-state index is 0. The molecule has 0 spiro atoms. The van der Waals surface area contributed by atoms with Crippen molar-refractivity contribution in [2.24, 2.45) is 0 Å². The number of nitrogens with zero attached hydrogens (tertiary/aromatic N) is 3. The lowest BCUT2D eigenvalue weighted by molar-refractivity contribution is -0.144. The summed E-state index contributed by atoms with van der Waals surface area (Å²) in [5.74, 6) is -2.70. The first-order valence-electron chi connectivity index (χ1n) is 26.9. The number of ether oxygens (including phenoxy) is 8. The third-order valence-electron chi connectivity index (χ3n) is 12.7. The van der Waals surface area contributed by atoms with Crippen molar-refractivity contribution in [1.29, 1.82) is 0 Å². The molecule has 4 aliphatic rings. The zero-order valence-corrected chi connectivity index (χ0v) is 51.3. The van der Waals surface area contributed by atoms with E-state index in [9.17, 15) is 33.6 Å². The van der Waals surface area contributed by atoms with Crippen LogP contribution in [-0.2, 0) is 23.9 Å². The molecular formula is C58H94Cl2N4O17. The summed E-state index contributed by atoms with van der Waals surface area (Å²) in [5.41, 5.74) is -0.763. The number of Topliss-reactive ketones (excluding diaryl/α,β-unsaturated/α-hetero) is 2. The Labute approximate surface area is 490 Å². The van der Waals surface area contributed by atoms with E-state index >= 15 is 0 Å². The Morgan fingerprint density at radius 1 is 0.531 bits per heavy atom. The molecule has 3 amide bonds. The Morgan fingerprint density at radius 3 is 1.20 bits per heavy atom. The minimum atomic E-state index is -1.54. The number of aliphatic carboxylic acids is 2. The number of hydrogen-bond donors (Lipinski definition) is 3. The maximum absolute atomic E-state index is 12.6. The normalized spacial score (nSPS) is 18.4. The van der Waals surface area contributed by atoms with Gasteiger partial charge in [0.25, 0.3) is 17.5 Å². The van der Waals surface area contributed by atoms with Crippen LogP contribution in [-0.4, -0.2) is 176 Å². The second kappa shape index (κ2) is 38.0. The zero-order valence-electron chi connectivity index (χ0n) is 49.8. The van der Waals surface area contributed by atoms with Gasteiger partial charge >= 0.3 is 24.1 Å². The number of carbonyl (C=O) groups is 7. The Balaban J connectivity index is 0.00000100. The second-order valence-corrected chi connectivity index (χ2v) is 21.9. The number of halogens is 2. The van der Waals surface area contributed by atoms with Crippen molar-refractivity contribution in [1.82, 2.24) is 20.0 Å². The van der Waals surface area contributed by atoms with Gasteiger partial charge in [-0.3, -0.25) is 19.3 Å². The summed E-state index contributed by atoms with van der Waals surface area (Å²) in [5, 5.41) is 21.2. The van der Waals surface area contributed by atoms with Gasteiger partial charge in [-0.15, -0.1) is 23.2 Å². The van der Waals surface area contributed by atoms with Crippen molar-refractivity contribution in [2.45, 2.75) is 182 Å². The van der Waals surface area contributed by atoms with Crippen LogP contribution in [0.4, 0.5) is 9.59 Å². The molecule has 4 heterocycles. The number of methoxy groups -OCH3 is 6. The van der Waals surface area contributed by atoms with Gasteiger partial charge in [0.15, 0.2) is 23.0 Å². The van der Waals surface area contributed by atoms with E-state index in [-0.39, 0.29) is 53.1 Å². The number of piperidine rings is 4. The number of carbonyl (C=O) groups excluding carboxylic acids is 5. The molecule has 4 fully saturated rings. The van der Waals surface area contributed by atoms with E-state index in [0.717, 1.165) is 57.5 Å². The molecule has 462 valence electrons. The van der Waals surface area contributed by atoms with Gasteiger partial charge < -0.3 is 63.2 Å². The molecule has 2 aromatic carbocycles. The average Bonchev–Trinajstić information content (AvgIpc) is 3.42. The minimum Gasteiger partial charge on any atom is -0.493 e. The van der Waals surface area contributed by atoms with E-state index in [1.165, 1.54) is 104 Å². The van der Waals surface area contributed by atoms with Crippen LogP contribution < -0.4 is 33.7 Å². The largest absolute Gasteiger partial charge is 0.493 e. The standard InChI is InChI=1S/C17H23NO5.C11H19NO4.C11H21NO2.C11H12O6.C6H13N.CH2Cl2.CH4/c1-11-7-5-6-8-18(11)17(20)15(19)12-9-13(21-2)16(23-4)14(10-12)22-3;1-11(2,3)16-10(15)12-7-5-4-6-8(12)9(13)14;1-9-7-5-6-8-12(9)10(13)14-11(2,3)4;1-15-7-4-6(9(12)11(13)14)5-8(16-2)10(7)17-3;1-6-4-2-3-5-7-6;2-1-3;/h9-11H,5-8H2,1-4H3;8H,4-7H2,1-3H3,(H,13,14);9H,5-8H2,1-4H3;4-5H,1-3H3,(H,13,14);6-7H,2-5H2,1H3;1H2;1H4/t11-;;9-;;6-;;/m1.1.1../s1. The van der Waals surface area contributed by atoms with Crippen molar-refractivity contribution in [3.05, 3.63) is 35.4 Å². The van der Waals surface area contributed by atoms with Crippen molar-refractivity contribution >= 4 is 64.8 Å². The van der Waals surface area contributed by atoms with Gasteiger partial charge in [0.1, 0.15) is 17.2 Å². The molecule has 4 saturated heterocycles. The van der Waals surface area contributed by atoms with Crippen LogP contribution in [0.3, 0.4) is 0 Å². The van der Waals surface area contributed by atoms with Gasteiger partial charge in [-0.25, -0.2) is 19.2 Å². The number of amides is 3. The Kier molecular flexibility index (Phi) is 35.2. The molecule has 2 aromatic rings. The van der Waals surface area contributed by atoms with Gasteiger partial charge in [0.2, 0.25) is 11.5 Å². The van der Waals surface area contributed by atoms with Crippen LogP contribution in [0.1, 0.15) is 168 Å². The van der Waals surface area contributed by atoms with Crippen molar-refractivity contribution in [3.8, 4) is 34.5 Å². The highest BCUT2D eigenvalue weighted by Gasteiger charge is 2.35. The molecule has 4 atom stereocenters. The Bertz CT molecular complexity index is 2230. The van der Waals surface area contributed by atoms with E-state index in [0.29, 0.717) is 48.6 Å². The van der Waals surface area contributed by atoms with E-state index in [1.54, 1.807) is 25.7 Å². The number of rotatable bonds is 11. The molecule has 21 nitrogen and oxygen atoms in total. The first-order valence-corrected chi connectivity index (χ1v) is 28.0. The van der Waals surface area contributed by atoms with Gasteiger partial charge in [0.05, 0.1) is 48.0 Å². The molecule has 81 heavy (non-hydrogen) atoms. The lowest BCUT2D eigenvalue weighted by Gasteiger charge is -2.34. The summed E-state index contributed by atoms with van der Waals surface area (Å²) in [6.07, 6.45) is 12.0. The van der Waals surface area contributed by atoms with E-state index in [4.69, 9.17) is 71.3 Å². The van der Waals surface area contributed by atoms with Crippen molar-refractivity contribution < 1.29 is 81.7 Å². The number of ketones is 2. The van der Waals surface area contributed by atoms with Gasteiger partial charge in [-0.2, -0.15) is 0 Å². The highest BCUT2D eigenvalue weighted by molar-refractivity contribution is 6.43. The number of nitrogens with one attached hydrogen (secondary N) is 1. The fourth-order valence-corrected chi connectivity index (χ4v) is 8.64. The van der Waals surface area contributed by atoms with Crippen LogP contribution >= 0.6 is 23.2 Å². The molecular weight excluding hydrogens is 1100 g/mol. The van der Waals surface area contributed by atoms with Crippen LogP contribution in [0.25, 0.3) is 0 Å². The molecule has 1 unspecified atom stereocenters. The predicted octanol–water partition coefficient (Wildman–Crippen LogP) is 11.1. The fourth-order valence-electron chi connectivity index (χ4n) is 8.64. The number of alkyl halides is 2. The maximum Gasteiger partial charge on any atom is 0.411 e. The molecule has 23 heteroatoms. The highest BCUT2D eigenvalue weighted by Crippen LogP contribution is 2.39. The number of likely N-dealkylation sites (tertiary alicyclic amines) is 3. The van der Waals surface area contributed by atoms with Gasteiger partial charge in [-0.05, 0) is 164 Å². The van der Waals surface area contributed by atoms with Crippen LogP contribution in [0.15, 0.2) is 24.3 Å². The van der Waals surface area contributed by atoms with E-state index < -0.39 is 47.1 Å². The molecule has 6 rings (SSSR count). The monoisotopic (exact) mass is 1190 g/mol. The quantitative estimate of drug-likeness (QED) is 0.107. The van der Waals surface area contributed by atoms with Gasteiger partial charge in [-0.1, -0.05) is 13.8 Å². The molecule has 4 aliphatic heterocycles. The molecule has 0 aliphatic carbocycles. The smallest absolute Gasteiger partial charge is 0.411 e.